The van der Waals surface area contributed by atoms with Crippen LogP contribution in [0.1, 0.15) is 21.5 Å². The molecule has 1 heterocycles. The molecule has 3 aromatic carbocycles. The molecule has 9 heteroatoms. The Morgan fingerprint density at radius 1 is 1.03 bits per heavy atom. The summed E-state index contributed by atoms with van der Waals surface area (Å²) in [6, 6.07) is 17.0. The van der Waals surface area contributed by atoms with Gasteiger partial charge >= 0.3 is 11.7 Å². The number of nitro groups is 1. The van der Waals surface area contributed by atoms with E-state index in [2.05, 4.69) is 6.07 Å². The molecule has 0 amide bonds. The lowest BCUT2D eigenvalue weighted by Gasteiger charge is -2.07. The van der Waals surface area contributed by atoms with E-state index in [-0.39, 0.29) is 22.6 Å². The number of ether oxygens (including phenoxy) is 1. The summed E-state index contributed by atoms with van der Waals surface area (Å²) in [6.07, 6.45) is 0.811. The first-order valence-electron chi connectivity index (χ1n) is 10.1. The maximum Gasteiger partial charge on any atom is 0.420 e. The van der Waals surface area contributed by atoms with E-state index >= 15 is 0 Å². The number of non-ortho nitro benzene ring substituents is 1. The van der Waals surface area contributed by atoms with Gasteiger partial charge in [0, 0.05) is 11.6 Å². The third-order valence-corrected chi connectivity index (χ3v) is 5.63. The van der Waals surface area contributed by atoms with Gasteiger partial charge in [-0.3, -0.25) is 24.3 Å². The first-order chi connectivity index (χ1) is 15.9. The van der Waals surface area contributed by atoms with Crippen molar-refractivity contribution >= 4 is 28.5 Å². The van der Waals surface area contributed by atoms with Crippen LogP contribution in [-0.4, -0.2) is 27.8 Å². The predicted molar refractivity (Wildman–Crippen MR) is 117 cm³/mol. The molecule has 0 radical (unpaired) electrons. The molecule has 1 aliphatic carbocycles. The van der Waals surface area contributed by atoms with Crippen LogP contribution in [0.3, 0.4) is 0 Å². The minimum Gasteiger partial charge on any atom is -0.456 e. The van der Waals surface area contributed by atoms with Crippen molar-refractivity contribution in [2.24, 2.45) is 0 Å². The zero-order valence-corrected chi connectivity index (χ0v) is 17.1. The summed E-state index contributed by atoms with van der Waals surface area (Å²) in [6.45, 7) is -0.968. The van der Waals surface area contributed by atoms with Gasteiger partial charge in [0.2, 0.25) is 0 Å². The van der Waals surface area contributed by atoms with Gasteiger partial charge in [0.25, 0.3) is 5.69 Å². The molecule has 164 valence electrons. The summed E-state index contributed by atoms with van der Waals surface area (Å²) >= 11 is 0. The lowest BCUT2D eigenvalue weighted by molar-refractivity contribution is -0.384. The van der Waals surface area contributed by atoms with E-state index in [4.69, 9.17) is 9.15 Å². The fraction of sp³-hybridized carbons (Fsp3) is 0.125. The summed E-state index contributed by atoms with van der Waals surface area (Å²) in [5.74, 6) is -2.03. The third kappa shape index (κ3) is 3.69. The fourth-order valence-electron chi connectivity index (χ4n) is 4.02. The lowest BCUT2D eigenvalue weighted by Crippen LogP contribution is -2.23. The van der Waals surface area contributed by atoms with Gasteiger partial charge in [-0.2, -0.15) is 0 Å². The molecule has 5 rings (SSSR count). The van der Waals surface area contributed by atoms with Crippen LogP contribution in [0.15, 0.2) is 69.9 Å². The van der Waals surface area contributed by atoms with E-state index < -0.39 is 29.8 Å². The second-order valence-electron chi connectivity index (χ2n) is 7.65. The van der Waals surface area contributed by atoms with E-state index in [1.54, 1.807) is 12.1 Å². The topological polar surface area (TPSA) is 122 Å². The lowest BCUT2D eigenvalue weighted by atomic mass is 10.0. The molecule has 0 spiro atoms. The number of aromatic nitrogens is 1. The van der Waals surface area contributed by atoms with Crippen molar-refractivity contribution in [3.63, 3.8) is 0 Å². The van der Waals surface area contributed by atoms with E-state index in [0.717, 1.165) is 33.7 Å². The van der Waals surface area contributed by atoms with Crippen molar-refractivity contribution in [1.82, 2.24) is 4.57 Å². The largest absolute Gasteiger partial charge is 0.456 e. The average molecular weight is 444 g/mol. The summed E-state index contributed by atoms with van der Waals surface area (Å²) in [4.78, 5) is 47.2. The second-order valence-corrected chi connectivity index (χ2v) is 7.65. The number of carbonyl (C=O) groups is 2. The molecular formula is C24H16N2O7. The summed E-state index contributed by atoms with van der Waals surface area (Å²) in [5.41, 5.74) is 4.80. The van der Waals surface area contributed by atoms with Crippen LogP contribution in [0.25, 0.3) is 22.2 Å². The molecule has 0 N–H and O–H groups in total. The summed E-state index contributed by atoms with van der Waals surface area (Å²) in [5, 5.41) is 10.9. The highest BCUT2D eigenvalue weighted by molar-refractivity contribution is 5.99. The number of Topliss-reactive ketones (excluding diaryl/α,β-unsaturated/α-hetero) is 1. The van der Waals surface area contributed by atoms with Crippen LogP contribution in [0.4, 0.5) is 5.69 Å². The van der Waals surface area contributed by atoms with E-state index in [1.807, 2.05) is 24.3 Å². The SMILES string of the molecule is O=C(Cn1c(=O)oc2cc([N+](=O)[O-])ccc21)OCC(=O)c1ccc2c(c1)-c1ccccc1C2. The molecule has 1 aliphatic rings. The maximum atomic E-state index is 12.6. The molecule has 0 saturated heterocycles. The minimum atomic E-state index is -0.855. The number of benzene rings is 3. The number of fused-ring (bicyclic) bond motifs is 4. The number of nitro benzene ring substituents is 1. The molecule has 0 bridgehead atoms. The molecular weight excluding hydrogens is 428 g/mol. The van der Waals surface area contributed by atoms with Gasteiger partial charge in [0.15, 0.2) is 18.0 Å². The van der Waals surface area contributed by atoms with Gasteiger partial charge in [-0.05, 0) is 40.8 Å². The van der Waals surface area contributed by atoms with Crippen LogP contribution < -0.4 is 5.76 Å². The number of rotatable bonds is 6. The van der Waals surface area contributed by atoms with Crippen LogP contribution in [0, 0.1) is 10.1 Å². The van der Waals surface area contributed by atoms with Gasteiger partial charge in [-0.25, -0.2) is 4.79 Å². The minimum absolute atomic E-state index is 0.0171. The number of hydrogen-bond acceptors (Lipinski definition) is 7. The van der Waals surface area contributed by atoms with Crippen molar-refractivity contribution in [1.29, 1.82) is 0 Å². The molecule has 9 nitrogen and oxygen atoms in total. The number of ketones is 1. The van der Waals surface area contributed by atoms with Crippen molar-refractivity contribution < 1.29 is 23.7 Å². The zero-order chi connectivity index (χ0) is 23.1. The van der Waals surface area contributed by atoms with Crippen molar-refractivity contribution in [3.05, 3.63) is 98.0 Å². The quantitative estimate of drug-likeness (QED) is 0.170. The first-order valence-corrected chi connectivity index (χ1v) is 10.1. The Labute approximate surface area is 186 Å². The fourth-order valence-corrected chi connectivity index (χ4v) is 4.02. The first kappa shape index (κ1) is 20.4. The highest BCUT2D eigenvalue weighted by Gasteiger charge is 2.21. The van der Waals surface area contributed by atoms with Crippen molar-refractivity contribution in [2.75, 3.05) is 6.61 Å². The smallest absolute Gasteiger partial charge is 0.420 e. The second kappa shape index (κ2) is 7.86. The van der Waals surface area contributed by atoms with E-state index in [0.29, 0.717) is 5.56 Å². The molecule has 0 fully saturated rings. The van der Waals surface area contributed by atoms with Crippen LogP contribution in [-0.2, 0) is 22.5 Å². The molecule has 4 aromatic rings. The maximum absolute atomic E-state index is 12.6. The van der Waals surface area contributed by atoms with E-state index in [1.165, 1.54) is 17.7 Å². The van der Waals surface area contributed by atoms with Crippen molar-refractivity contribution in [2.45, 2.75) is 13.0 Å². The van der Waals surface area contributed by atoms with Gasteiger partial charge in [-0.15, -0.1) is 0 Å². The van der Waals surface area contributed by atoms with E-state index in [9.17, 15) is 24.5 Å². The average Bonchev–Trinajstić information content (AvgIpc) is 3.33. The number of carbonyl (C=O) groups excluding carboxylic acids is 2. The number of esters is 1. The van der Waals surface area contributed by atoms with Gasteiger partial charge in [0.05, 0.1) is 16.5 Å². The predicted octanol–water partition coefficient (Wildman–Crippen LogP) is 3.50. The monoisotopic (exact) mass is 444 g/mol. The molecule has 0 aliphatic heterocycles. The standard InChI is InChI=1S/C24H16N2O7/c27-21(16-6-5-15-9-14-3-1-2-4-18(14)19(15)10-16)13-32-23(28)12-25-20-8-7-17(26(30)31)11-22(20)33-24(25)29/h1-8,10-11H,9,12-13H2. The Morgan fingerprint density at radius 2 is 1.82 bits per heavy atom. The highest BCUT2D eigenvalue weighted by Crippen LogP contribution is 2.36. The molecule has 0 saturated carbocycles. The van der Waals surface area contributed by atoms with Crippen LogP contribution >= 0.6 is 0 Å². The molecule has 1 aromatic heterocycles. The Kier molecular flexibility index (Phi) is 4.86. The summed E-state index contributed by atoms with van der Waals surface area (Å²) in [7, 11) is 0. The highest BCUT2D eigenvalue weighted by atomic mass is 16.6. The van der Waals surface area contributed by atoms with Crippen LogP contribution in [0.2, 0.25) is 0 Å². The Balaban J connectivity index is 1.28. The van der Waals surface area contributed by atoms with Crippen molar-refractivity contribution in [3.8, 4) is 11.1 Å². The number of nitrogens with zero attached hydrogens (tertiary/aromatic N) is 2. The summed E-state index contributed by atoms with van der Waals surface area (Å²) < 4.78 is 11.1. The van der Waals surface area contributed by atoms with Gasteiger partial charge in [-0.1, -0.05) is 36.4 Å². The zero-order valence-electron chi connectivity index (χ0n) is 17.1. The Morgan fingerprint density at radius 3 is 2.64 bits per heavy atom. The molecule has 0 atom stereocenters. The van der Waals surface area contributed by atoms with Gasteiger partial charge < -0.3 is 9.15 Å². The number of hydrogen-bond donors (Lipinski definition) is 0. The Bertz CT molecular complexity index is 1510. The normalized spacial score (nSPS) is 11.8. The molecule has 0 unspecified atom stereocenters. The third-order valence-electron chi connectivity index (χ3n) is 5.63. The number of oxazole rings is 1. The van der Waals surface area contributed by atoms with Gasteiger partial charge in [0.1, 0.15) is 6.54 Å². The Hall–Kier alpha value is -4.53. The molecule has 33 heavy (non-hydrogen) atoms. The van der Waals surface area contributed by atoms with Crippen LogP contribution in [0.5, 0.6) is 0 Å².